The van der Waals surface area contributed by atoms with Gasteiger partial charge >= 0.3 is 0 Å². The van der Waals surface area contributed by atoms with Crippen molar-refractivity contribution in [2.45, 2.75) is 51.6 Å². The lowest BCUT2D eigenvalue weighted by Crippen LogP contribution is -2.28. The molecule has 0 heterocycles. The standard InChI is InChI=1S/C15H24N2/c1-3-10-17(14-8-9-14)15-7-5-4-6-13(15)11-12(2)16/h4-7,12,14H,3,8-11,16H2,1-2H3. The average molecular weight is 232 g/mol. The van der Waals surface area contributed by atoms with Gasteiger partial charge < -0.3 is 10.6 Å². The number of nitrogens with zero attached hydrogens (tertiary/aromatic N) is 1. The molecule has 1 aliphatic carbocycles. The van der Waals surface area contributed by atoms with Crippen LogP contribution in [0, 0.1) is 0 Å². The fraction of sp³-hybridized carbons (Fsp3) is 0.600. The molecule has 2 nitrogen and oxygen atoms in total. The molecule has 0 radical (unpaired) electrons. The van der Waals surface area contributed by atoms with E-state index in [1.165, 1.54) is 37.1 Å². The number of rotatable bonds is 6. The maximum absolute atomic E-state index is 5.94. The van der Waals surface area contributed by atoms with Crippen molar-refractivity contribution in [3.63, 3.8) is 0 Å². The predicted molar refractivity (Wildman–Crippen MR) is 74.5 cm³/mol. The Morgan fingerprint density at radius 3 is 2.65 bits per heavy atom. The predicted octanol–water partition coefficient (Wildman–Crippen LogP) is 2.96. The first kappa shape index (κ1) is 12.4. The molecule has 0 bridgehead atoms. The summed E-state index contributed by atoms with van der Waals surface area (Å²) in [6.07, 6.45) is 4.89. The molecule has 1 atom stereocenters. The average Bonchev–Trinajstić information content (AvgIpc) is 3.10. The Kier molecular flexibility index (Phi) is 4.06. The number of hydrogen-bond acceptors (Lipinski definition) is 2. The highest BCUT2D eigenvalue weighted by atomic mass is 15.2. The fourth-order valence-corrected chi connectivity index (χ4v) is 2.44. The quantitative estimate of drug-likeness (QED) is 0.817. The maximum Gasteiger partial charge on any atom is 0.0401 e. The van der Waals surface area contributed by atoms with Crippen LogP contribution in [0.1, 0.15) is 38.7 Å². The van der Waals surface area contributed by atoms with Crippen molar-refractivity contribution in [2.24, 2.45) is 5.73 Å². The lowest BCUT2D eigenvalue weighted by atomic mass is 10.0. The summed E-state index contributed by atoms with van der Waals surface area (Å²) in [7, 11) is 0. The lowest BCUT2D eigenvalue weighted by molar-refractivity contribution is 0.719. The van der Waals surface area contributed by atoms with Crippen LogP contribution in [0.15, 0.2) is 24.3 Å². The Labute approximate surface area is 105 Å². The van der Waals surface area contributed by atoms with Crippen molar-refractivity contribution >= 4 is 5.69 Å². The molecule has 1 aromatic rings. The number of nitrogens with two attached hydrogens (primary N) is 1. The molecular weight excluding hydrogens is 208 g/mol. The molecule has 1 unspecified atom stereocenters. The Morgan fingerprint density at radius 2 is 2.06 bits per heavy atom. The Bertz CT molecular complexity index is 356. The summed E-state index contributed by atoms with van der Waals surface area (Å²) in [5.41, 5.74) is 8.76. The summed E-state index contributed by atoms with van der Waals surface area (Å²) >= 11 is 0. The number of benzene rings is 1. The van der Waals surface area contributed by atoms with Crippen molar-refractivity contribution in [1.29, 1.82) is 0 Å². The van der Waals surface area contributed by atoms with Crippen molar-refractivity contribution in [2.75, 3.05) is 11.4 Å². The van der Waals surface area contributed by atoms with E-state index in [0.29, 0.717) is 0 Å². The van der Waals surface area contributed by atoms with Crippen LogP contribution in [0.3, 0.4) is 0 Å². The third-order valence-corrected chi connectivity index (χ3v) is 3.30. The maximum atomic E-state index is 5.94. The molecular formula is C15H24N2. The largest absolute Gasteiger partial charge is 0.368 e. The van der Waals surface area contributed by atoms with E-state index in [-0.39, 0.29) is 6.04 Å². The van der Waals surface area contributed by atoms with Crippen molar-refractivity contribution in [3.8, 4) is 0 Å². The summed E-state index contributed by atoms with van der Waals surface area (Å²) in [4.78, 5) is 2.58. The van der Waals surface area contributed by atoms with Crippen molar-refractivity contribution < 1.29 is 0 Å². The van der Waals surface area contributed by atoms with E-state index in [1.54, 1.807) is 0 Å². The van der Waals surface area contributed by atoms with Gasteiger partial charge in [-0.2, -0.15) is 0 Å². The molecule has 1 saturated carbocycles. The molecule has 0 aliphatic heterocycles. The van der Waals surface area contributed by atoms with Crippen molar-refractivity contribution in [1.82, 2.24) is 0 Å². The monoisotopic (exact) mass is 232 g/mol. The van der Waals surface area contributed by atoms with E-state index in [0.717, 1.165) is 12.5 Å². The first-order valence-electron chi connectivity index (χ1n) is 6.82. The minimum atomic E-state index is 0.235. The molecule has 2 heteroatoms. The molecule has 2 rings (SSSR count). The zero-order valence-corrected chi connectivity index (χ0v) is 11.0. The molecule has 2 N–H and O–H groups in total. The number of anilines is 1. The van der Waals surface area contributed by atoms with Gasteiger partial charge in [0.2, 0.25) is 0 Å². The van der Waals surface area contributed by atoms with E-state index in [4.69, 9.17) is 5.73 Å². The van der Waals surface area contributed by atoms with Gasteiger partial charge in [-0.15, -0.1) is 0 Å². The molecule has 1 fully saturated rings. The van der Waals surface area contributed by atoms with Gasteiger partial charge in [-0.3, -0.25) is 0 Å². The van der Waals surface area contributed by atoms with Crippen LogP contribution in [0.5, 0.6) is 0 Å². The third-order valence-electron chi connectivity index (χ3n) is 3.30. The zero-order chi connectivity index (χ0) is 12.3. The minimum absolute atomic E-state index is 0.235. The van der Waals surface area contributed by atoms with Crippen LogP contribution in [0.2, 0.25) is 0 Å². The van der Waals surface area contributed by atoms with Crippen LogP contribution in [-0.2, 0) is 6.42 Å². The molecule has 17 heavy (non-hydrogen) atoms. The minimum Gasteiger partial charge on any atom is -0.368 e. The smallest absolute Gasteiger partial charge is 0.0401 e. The Balaban J connectivity index is 2.21. The van der Waals surface area contributed by atoms with E-state index < -0.39 is 0 Å². The van der Waals surface area contributed by atoms with Gasteiger partial charge in [0.25, 0.3) is 0 Å². The summed E-state index contributed by atoms with van der Waals surface area (Å²) < 4.78 is 0. The molecule has 0 saturated heterocycles. The Morgan fingerprint density at radius 1 is 1.35 bits per heavy atom. The molecule has 94 valence electrons. The highest BCUT2D eigenvalue weighted by molar-refractivity contribution is 5.55. The molecule has 1 aromatic carbocycles. The van der Waals surface area contributed by atoms with Crippen LogP contribution < -0.4 is 10.6 Å². The second-order valence-electron chi connectivity index (χ2n) is 5.23. The zero-order valence-electron chi connectivity index (χ0n) is 11.0. The SMILES string of the molecule is CCCN(c1ccccc1CC(C)N)C1CC1. The topological polar surface area (TPSA) is 29.3 Å². The summed E-state index contributed by atoms with van der Waals surface area (Å²) in [6.45, 7) is 5.50. The van der Waals surface area contributed by atoms with Gasteiger partial charge in [-0.05, 0) is 44.2 Å². The van der Waals surface area contributed by atoms with Gasteiger partial charge in [0, 0.05) is 24.3 Å². The summed E-state index contributed by atoms with van der Waals surface area (Å²) in [5.74, 6) is 0. The highest BCUT2D eigenvalue weighted by Crippen LogP contribution is 2.34. The van der Waals surface area contributed by atoms with Crippen LogP contribution in [0.25, 0.3) is 0 Å². The lowest BCUT2D eigenvalue weighted by Gasteiger charge is -2.27. The highest BCUT2D eigenvalue weighted by Gasteiger charge is 2.29. The van der Waals surface area contributed by atoms with Crippen LogP contribution in [0.4, 0.5) is 5.69 Å². The van der Waals surface area contributed by atoms with Crippen LogP contribution in [-0.4, -0.2) is 18.6 Å². The number of hydrogen-bond donors (Lipinski definition) is 1. The van der Waals surface area contributed by atoms with Gasteiger partial charge in [0.15, 0.2) is 0 Å². The number of para-hydroxylation sites is 1. The normalized spacial score (nSPS) is 16.9. The molecule has 1 aliphatic rings. The first-order valence-corrected chi connectivity index (χ1v) is 6.82. The van der Waals surface area contributed by atoms with Gasteiger partial charge in [0.05, 0.1) is 0 Å². The summed E-state index contributed by atoms with van der Waals surface area (Å²) in [6, 6.07) is 9.77. The Hall–Kier alpha value is -1.02. The van der Waals surface area contributed by atoms with E-state index in [9.17, 15) is 0 Å². The van der Waals surface area contributed by atoms with Gasteiger partial charge in [-0.25, -0.2) is 0 Å². The van der Waals surface area contributed by atoms with E-state index >= 15 is 0 Å². The van der Waals surface area contributed by atoms with E-state index in [1.807, 2.05) is 0 Å². The van der Waals surface area contributed by atoms with Gasteiger partial charge in [0.1, 0.15) is 0 Å². The van der Waals surface area contributed by atoms with E-state index in [2.05, 4.69) is 43.0 Å². The first-order chi connectivity index (χ1) is 8.22. The third kappa shape index (κ3) is 3.22. The molecule has 0 amide bonds. The van der Waals surface area contributed by atoms with Crippen LogP contribution >= 0.6 is 0 Å². The second-order valence-corrected chi connectivity index (χ2v) is 5.23. The molecule has 0 spiro atoms. The van der Waals surface area contributed by atoms with Gasteiger partial charge in [-0.1, -0.05) is 25.1 Å². The fourth-order valence-electron chi connectivity index (χ4n) is 2.44. The molecule has 0 aromatic heterocycles. The summed E-state index contributed by atoms with van der Waals surface area (Å²) in [5, 5.41) is 0. The van der Waals surface area contributed by atoms with Crippen molar-refractivity contribution in [3.05, 3.63) is 29.8 Å². The second kappa shape index (κ2) is 5.54.